The molecule has 0 saturated carbocycles. The topological polar surface area (TPSA) is 18.5 Å². The van der Waals surface area contributed by atoms with E-state index in [4.69, 9.17) is 9.47 Å². The van der Waals surface area contributed by atoms with E-state index in [0.717, 1.165) is 16.9 Å². The highest BCUT2D eigenvalue weighted by molar-refractivity contribution is 5.35. The number of halogens is 1. The lowest BCUT2D eigenvalue weighted by atomic mass is 10.1. The minimum absolute atomic E-state index is 0.00157. The molecule has 0 saturated heterocycles. The zero-order valence-corrected chi connectivity index (χ0v) is 14.0. The van der Waals surface area contributed by atoms with E-state index in [1.54, 1.807) is 19.2 Å². The van der Waals surface area contributed by atoms with Crippen molar-refractivity contribution in [2.45, 2.75) is 13.5 Å². The zero-order valence-electron chi connectivity index (χ0n) is 14.0. The molecule has 3 heteroatoms. The monoisotopic (exact) mass is 324 g/mol. The highest BCUT2D eigenvalue weighted by Crippen LogP contribution is 2.12. The molecular formula is C21H21FO2. The number of methoxy groups -OCH3 is 1. The van der Waals surface area contributed by atoms with Gasteiger partial charge in [0, 0.05) is 5.56 Å². The predicted octanol–water partition coefficient (Wildman–Crippen LogP) is 4.59. The molecule has 0 radical (unpaired) electrons. The molecule has 0 aliphatic heterocycles. The molecule has 0 heterocycles. The molecule has 0 aromatic heterocycles. The Kier molecular flexibility index (Phi) is 7.07. The minimum atomic E-state index is -0.256. The highest BCUT2D eigenvalue weighted by atomic mass is 19.1. The van der Waals surface area contributed by atoms with Gasteiger partial charge in [-0.3, -0.25) is 0 Å². The fraction of sp³-hybridized carbons (Fsp3) is 0.238. The molecule has 0 spiro atoms. The van der Waals surface area contributed by atoms with E-state index >= 15 is 0 Å². The summed E-state index contributed by atoms with van der Waals surface area (Å²) in [6, 6.07) is 14.0. The van der Waals surface area contributed by atoms with Gasteiger partial charge in [0.2, 0.25) is 0 Å². The lowest BCUT2D eigenvalue weighted by Crippen LogP contribution is -2.05. The first-order chi connectivity index (χ1) is 11.7. The Labute approximate surface area is 142 Å². The van der Waals surface area contributed by atoms with Gasteiger partial charge in [0.05, 0.1) is 26.2 Å². The van der Waals surface area contributed by atoms with Crippen LogP contribution in [0.25, 0.3) is 0 Å². The average Bonchev–Trinajstić information content (AvgIpc) is 2.61. The summed E-state index contributed by atoms with van der Waals surface area (Å²) in [5.74, 6) is 6.78. The molecule has 0 bridgehead atoms. The standard InChI is InChI=1S/C21H21FO2/c1-3-4-18(6-5-17-7-11-20(22)12-8-17)15-24-16-19-9-13-21(23-2)14-10-19/h3-4,7-14,18H,15-16H2,1-2H3/b4-3+/t18-/m0/s1. The second kappa shape index (κ2) is 9.54. The van der Waals surface area contributed by atoms with Crippen molar-refractivity contribution in [3.8, 4) is 17.6 Å². The van der Waals surface area contributed by atoms with Gasteiger partial charge in [-0.2, -0.15) is 0 Å². The minimum Gasteiger partial charge on any atom is -0.497 e. The maximum Gasteiger partial charge on any atom is 0.123 e. The Morgan fingerprint density at radius 3 is 2.42 bits per heavy atom. The Balaban J connectivity index is 1.90. The molecule has 124 valence electrons. The van der Waals surface area contributed by atoms with Crippen LogP contribution in [-0.4, -0.2) is 13.7 Å². The lowest BCUT2D eigenvalue weighted by molar-refractivity contribution is 0.111. The Hall–Kier alpha value is -2.57. The van der Waals surface area contributed by atoms with E-state index in [1.165, 1.54) is 12.1 Å². The molecule has 0 unspecified atom stereocenters. The van der Waals surface area contributed by atoms with Crippen LogP contribution in [0.4, 0.5) is 4.39 Å². The molecule has 2 aromatic rings. The molecule has 2 rings (SSSR count). The van der Waals surface area contributed by atoms with Crippen LogP contribution >= 0.6 is 0 Å². The quantitative estimate of drug-likeness (QED) is 0.571. The Morgan fingerprint density at radius 1 is 1.08 bits per heavy atom. The van der Waals surface area contributed by atoms with Crippen molar-refractivity contribution in [1.29, 1.82) is 0 Å². The van der Waals surface area contributed by atoms with Crippen molar-refractivity contribution in [3.63, 3.8) is 0 Å². The van der Waals surface area contributed by atoms with Crippen molar-refractivity contribution in [3.05, 3.63) is 77.6 Å². The van der Waals surface area contributed by atoms with E-state index in [1.807, 2.05) is 43.3 Å². The SMILES string of the molecule is C/C=C/[C@@H](C#Cc1ccc(F)cc1)COCc1ccc(OC)cc1. The number of ether oxygens (including phenoxy) is 2. The second-order valence-corrected chi connectivity index (χ2v) is 5.27. The highest BCUT2D eigenvalue weighted by Gasteiger charge is 2.02. The Morgan fingerprint density at radius 2 is 1.79 bits per heavy atom. The van der Waals surface area contributed by atoms with Gasteiger partial charge in [-0.25, -0.2) is 4.39 Å². The molecule has 2 aromatic carbocycles. The number of hydrogen-bond acceptors (Lipinski definition) is 2. The second-order valence-electron chi connectivity index (χ2n) is 5.27. The summed E-state index contributed by atoms with van der Waals surface area (Å²) < 4.78 is 23.8. The largest absolute Gasteiger partial charge is 0.497 e. The predicted molar refractivity (Wildman–Crippen MR) is 94.2 cm³/mol. The van der Waals surface area contributed by atoms with E-state index in [0.29, 0.717) is 13.2 Å². The fourth-order valence-corrected chi connectivity index (χ4v) is 2.11. The molecule has 1 atom stereocenters. The smallest absolute Gasteiger partial charge is 0.123 e. The van der Waals surface area contributed by atoms with Gasteiger partial charge in [-0.05, 0) is 48.9 Å². The van der Waals surface area contributed by atoms with Crippen molar-refractivity contribution < 1.29 is 13.9 Å². The first-order valence-corrected chi connectivity index (χ1v) is 7.82. The molecule has 0 N–H and O–H groups in total. The van der Waals surface area contributed by atoms with Crippen molar-refractivity contribution in [2.75, 3.05) is 13.7 Å². The maximum atomic E-state index is 12.9. The molecule has 0 amide bonds. The molecular weight excluding hydrogens is 303 g/mol. The summed E-state index contributed by atoms with van der Waals surface area (Å²) in [6.07, 6.45) is 3.96. The molecule has 24 heavy (non-hydrogen) atoms. The number of allylic oxidation sites excluding steroid dienone is 1. The van der Waals surface area contributed by atoms with Gasteiger partial charge in [0.1, 0.15) is 11.6 Å². The first-order valence-electron chi connectivity index (χ1n) is 7.82. The Bertz CT molecular complexity index is 706. The third-order valence-corrected chi connectivity index (χ3v) is 3.40. The van der Waals surface area contributed by atoms with Crippen molar-refractivity contribution >= 4 is 0 Å². The lowest BCUT2D eigenvalue weighted by Gasteiger charge is -2.08. The fourth-order valence-electron chi connectivity index (χ4n) is 2.11. The van der Waals surface area contributed by atoms with Gasteiger partial charge in [-0.15, -0.1) is 0 Å². The molecule has 0 fully saturated rings. The van der Waals surface area contributed by atoms with Crippen molar-refractivity contribution in [2.24, 2.45) is 5.92 Å². The van der Waals surface area contributed by atoms with Crippen LogP contribution < -0.4 is 4.74 Å². The van der Waals surface area contributed by atoms with Gasteiger partial charge in [-0.1, -0.05) is 36.1 Å². The molecule has 2 nitrogen and oxygen atoms in total. The summed E-state index contributed by atoms with van der Waals surface area (Å²) in [7, 11) is 1.65. The van der Waals surface area contributed by atoms with Crippen molar-refractivity contribution in [1.82, 2.24) is 0 Å². The van der Waals surface area contributed by atoms with E-state index in [9.17, 15) is 4.39 Å². The van der Waals surface area contributed by atoms with Crippen LogP contribution in [-0.2, 0) is 11.3 Å². The van der Waals surface area contributed by atoms with E-state index in [2.05, 4.69) is 11.8 Å². The zero-order chi connectivity index (χ0) is 17.2. The maximum absolute atomic E-state index is 12.9. The van der Waals surface area contributed by atoms with Gasteiger partial charge in [0.25, 0.3) is 0 Å². The van der Waals surface area contributed by atoms with Crippen LogP contribution in [0.5, 0.6) is 5.75 Å². The van der Waals surface area contributed by atoms with Crippen LogP contribution in [0, 0.1) is 23.6 Å². The van der Waals surface area contributed by atoms with E-state index < -0.39 is 0 Å². The molecule has 0 aliphatic carbocycles. The van der Waals surface area contributed by atoms with Crippen LogP contribution in [0.1, 0.15) is 18.1 Å². The number of rotatable bonds is 6. The summed E-state index contributed by atoms with van der Waals surface area (Å²) in [5, 5.41) is 0. The van der Waals surface area contributed by atoms with Gasteiger partial charge < -0.3 is 9.47 Å². The normalized spacial score (nSPS) is 11.8. The summed E-state index contributed by atoms with van der Waals surface area (Å²) in [4.78, 5) is 0. The first kappa shape index (κ1) is 17.8. The summed E-state index contributed by atoms with van der Waals surface area (Å²) >= 11 is 0. The summed E-state index contributed by atoms with van der Waals surface area (Å²) in [5.41, 5.74) is 1.88. The average molecular weight is 324 g/mol. The van der Waals surface area contributed by atoms with Gasteiger partial charge in [0.15, 0.2) is 0 Å². The third kappa shape index (κ3) is 5.91. The molecule has 0 aliphatic rings. The van der Waals surface area contributed by atoms with Crippen LogP contribution in [0.15, 0.2) is 60.7 Å². The number of benzene rings is 2. The third-order valence-electron chi connectivity index (χ3n) is 3.40. The van der Waals surface area contributed by atoms with Crippen LogP contribution in [0.3, 0.4) is 0 Å². The summed E-state index contributed by atoms with van der Waals surface area (Å²) in [6.45, 7) is 2.98. The number of hydrogen-bond donors (Lipinski definition) is 0. The van der Waals surface area contributed by atoms with Gasteiger partial charge >= 0.3 is 0 Å². The van der Waals surface area contributed by atoms with E-state index in [-0.39, 0.29) is 11.7 Å². The van der Waals surface area contributed by atoms with Crippen LogP contribution in [0.2, 0.25) is 0 Å².